The minimum Gasteiger partial charge on any atom is -0.345 e. The van der Waals surface area contributed by atoms with Crippen molar-refractivity contribution in [2.24, 2.45) is 0 Å². The van der Waals surface area contributed by atoms with Crippen LogP contribution in [0.3, 0.4) is 0 Å². The fourth-order valence-electron chi connectivity index (χ4n) is 2.43. The summed E-state index contributed by atoms with van der Waals surface area (Å²) in [4.78, 5) is 13.3. The smallest absolute Gasteiger partial charge is 0.246 e. The molecule has 96 valence electrons. The third kappa shape index (κ3) is 2.30. The molecular weight excluding hydrogens is 229 g/mol. The van der Waals surface area contributed by atoms with Gasteiger partial charge in [-0.05, 0) is 47.6 Å². The average Bonchev–Trinajstić information content (AvgIpc) is 2.66. The summed E-state index contributed by atoms with van der Waals surface area (Å²) in [5.74, 6) is 0.118. The number of nitrogens with zero attached hydrogens (tertiary/aromatic N) is 1. The molecule has 1 amide bonds. The van der Waals surface area contributed by atoms with Gasteiger partial charge < -0.3 is 4.90 Å². The van der Waals surface area contributed by atoms with Crippen molar-refractivity contribution in [1.82, 2.24) is 4.90 Å². The van der Waals surface area contributed by atoms with Crippen molar-refractivity contribution in [2.45, 2.75) is 25.7 Å². The van der Waals surface area contributed by atoms with E-state index in [4.69, 9.17) is 0 Å². The van der Waals surface area contributed by atoms with Crippen LogP contribution in [0.25, 0.3) is 5.57 Å². The van der Waals surface area contributed by atoms with Gasteiger partial charge in [0.15, 0.2) is 0 Å². The van der Waals surface area contributed by atoms with Gasteiger partial charge in [-0.2, -0.15) is 0 Å². The Labute approximate surface area is 107 Å². The predicted molar refractivity (Wildman–Crippen MR) is 70.7 cm³/mol. The Hall–Kier alpha value is -1.64. The second-order valence-corrected chi connectivity index (χ2v) is 4.94. The van der Waals surface area contributed by atoms with E-state index < -0.39 is 0 Å². The minimum atomic E-state index is -0.242. The number of carbonyl (C=O) groups excluding carboxylic acids is 1. The standard InChI is InChI=1S/C15H18FNO/c1-4-10-7-11(8-15(18)17(2)3)14-9-12(16)5-6-13(10)14/h5-6,8-10H,4,7H2,1-3H3/b11-8-. The summed E-state index contributed by atoms with van der Waals surface area (Å²) in [5, 5.41) is 0. The van der Waals surface area contributed by atoms with Crippen molar-refractivity contribution >= 4 is 11.5 Å². The zero-order valence-corrected chi connectivity index (χ0v) is 11.0. The number of halogens is 1. The zero-order valence-electron chi connectivity index (χ0n) is 11.0. The lowest BCUT2D eigenvalue weighted by molar-refractivity contribution is -0.123. The highest BCUT2D eigenvalue weighted by atomic mass is 19.1. The van der Waals surface area contributed by atoms with E-state index in [-0.39, 0.29) is 11.7 Å². The van der Waals surface area contributed by atoms with Crippen LogP contribution >= 0.6 is 0 Å². The van der Waals surface area contributed by atoms with Crippen molar-refractivity contribution in [1.29, 1.82) is 0 Å². The first-order valence-electron chi connectivity index (χ1n) is 6.24. The molecule has 1 aliphatic rings. The lowest BCUT2D eigenvalue weighted by Crippen LogP contribution is -2.19. The number of hydrogen-bond donors (Lipinski definition) is 0. The highest BCUT2D eigenvalue weighted by Gasteiger charge is 2.26. The summed E-state index contributed by atoms with van der Waals surface area (Å²) < 4.78 is 13.3. The van der Waals surface area contributed by atoms with E-state index in [2.05, 4.69) is 6.92 Å². The van der Waals surface area contributed by atoms with Gasteiger partial charge in [0, 0.05) is 20.2 Å². The number of carbonyl (C=O) groups is 1. The summed E-state index contributed by atoms with van der Waals surface area (Å²) in [5.41, 5.74) is 3.02. The van der Waals surface area contributed by atoms with Gasteiger partial charge in [0.25, 0.3) is 0 Å². The Morgan fingerprint density at radius 1 is 1.50 bits per heavy atom. The molecule has 0 heterocycles. The van der Waals surface area contributed by atoms with Crippen molar-refractivity contribution < 1.29 is 9.18 Å². The van der Waals surface area contributed by atoms with Gasteiger partial charge in [-0.25, -0.2) is 4.39 Å². The van der Waals surface area contributed by atoms with E-state index in [1.165, 1.54) is 11.0 Å². The number of hydrogen-bond acceptors (Lipinski definition) is 1. The zero-order chi connectivity index (χ0) is 13.3. The van der Waals surface area contributed by atoms with Crippen molar-refractivity contribution in [2.75, 3.05) is 14.1 Å². The van der Waals surface area contributed by atoms with E-state index in [0.29, 0.717) is 5.92 Å². The molecule has 0 aliphatic heterocycles. The van der Waals surface area contributed by atoms with E-state index in [0.717, 1.165) is 29.5 Å². The van der Waals surface area contributed by atoms with Crippen molar-refractivity contribution in [3.63, 3.8) is 0 Å². The molecule has 0 radical (unpaired) electrons. The van der Waals surface area contributed by atoms with Crippen LogP contribution in [-0.2, 0) is 4.79 Å². The number of fused-ring (bicyclic) bond motifs is 1. The second-order valence-electron chi connectivity index (χ2n) is 4.94. The molecule has 1 unspecified atom stereocenters. The summed E-state index contributed by atoms with van der Waals surface area (Å²) in [6, 6.07) is 4.89. The molecule has 1 aliphatic carbocycles. The summed E-state index contributed by atoms with van der Waals surface area (Å²) >= 11 is 0. The summed E-state index contributed by atoms with van der Waals surface area (Å²) in [6.45, 7) is 2.12. The van der Waals surface area contributed by atoms with Crippen LogP contribution in [0, 0.1) is 5.82 Å². The highest BCUT2D eigenvalue weighted by molar-refractivity contribution is 5.96. The summed E-state index contributed by atoms with van der Waals surface area (Å²) in [7, 11) is 3.44. The summed E-state index contributed by atoms with van der Waals surface area (Å²) in [6.07, 6.45) is 3.47. The van der Waals surface area contributed by atoms with Gasteiger partial charge in [-0.3, -0.25) is 4.79 Å². The molecule has 1 aromatic carbocycles. The molecule has 2 nitrogen and oxygen atoms in total. The Morgan fingerprint density at radius 3 is 2.83 bits per heavy atom. The van der Waals surface area contributed by atoms with Gasteiger partial charge >= 0.3 is 0 Å². The van der Waals surface area contributed by atoms with Crippen LogP contribution in [0.2, 0.25) is 0 Å². The van der Waals surface area contributed by atoms with Gasteiger partial charge in [-0.1, -0.05) is 13.0 Å². The number of likely N-dealkylation sites (N-methyl/N-ethyl adjacent to an activating group) is 1. The number of rotatable bonds is 2. The highest BCUT2D eigenvalue weighted by Crippen LogP contribution is 2.42. The molecule has 3 heteroatoms. The van der Waals surface area contributed by atoms with E-state index in [9.17, 15) is 9.18 Å². The normalized spacial score (nSPS) is 20.0. The van der Waals surface area contributed by atoms with Gasteiger partial charge in [0.2, 0.25) is 5.91 Å². The quantitative estimate of drug-likeness (QED) is 0.735. The molecular formula is C15H18FNO. The van der Waals surface area contributed by atoms with Crippen LogP contribution in [0.5, 0.6) is 0 Å². The first kappa shape index (κ1) is 12.8. The van der Waals surface area contributed by atoms with Crippen LogP contribution in [0.1, 0.15) is 36.8 Å². The fourth-order valence-corrected chi connectivity index (χ4v) is 2.43. The first-order valence-corrected chi connectivity index (χ1v) is 6.24. The largest absolute Gasteiger partial charge is 0.345 e. The SMILES string of the molecule is CCC1C/C(=C/C(=O)N(C)C)c2cc(F)ccc21. The molecule has 0 N–H and O–H groups in total. The van der Waals surface area contributed by atoms with Crippen LogP contribution < -0.4 is 0 Å². The maximum atomic E-state index is 13.3. The van der Waals surface area contributed by atoms with E-state index in [1.54, 1.807) is 26.2 Å². The minimum absolute atomic E-state index is 0.0445. The average molecular weight is 247 g/mol. The first-order chi connectivity index (χ1) is 8.52. The van der Waals surface area contributed by atoms with Gasteiger partial charge in [0.1, 0.15) is 5.82 Å². The molecule has 18 heavy (non-hydrogen) atoms. The molecule has 0 saturated heterocycles. The molecule has 0 spiro atoms. The van der Waals surface area contributed by atoms with Crippen LogP contribution in [-0.4, -0.2) is 24.9 Å². The molecule has 1 atom stereocenters. The molecule has 0 aromatic heterocycles. The maximum absolute atomic E-state index is 13.3. The maximum Gasteiger partial charge on any atom is 0.246 e. The second kappa shape index (κ2) is 4.92. The molecule has 0 fully saturated rings. The molecule has 0 bridgehead atoms. The Bertz CT molecular complexity index is 505. The van der Waals surface area contributed by atoms with Crippen LogP contribution in [0.4, 0.5) is 4.39 Å². The Morgan fingerprint density at radius 2 is 2.22 bits per heavy atom. The topological polar surface area (TPSA) is 20.3 Å². The van der Waals surface area contributed by atoms with Crippen molar-refractivity contribution in [3.8, 4) is 0 Å². The van der Waals surface area contributed by atoms with Gasteiger partial charge in [0.05, 0.1) is 0 Å². The monoisotopic (exact) mass is 247 g/mol. The van der Waals surface area contributed by atoms with E-state index >= 15 is 0 Å². The Balaban J connectivity index is 2.43. The lowest BCUT2D eigenvalue weighted by Gasteiger charge is -2.07. The number of allylic oxidation sites excluding steroid dienone is 1. The van der Waals surface area contributed by atoms with Crippen LogP contribution in [0.15, 0.2) is 24.3 Å². The molecule has 0 saturated carbocycles. The predicted octanol–water partition coefficient (Wildman–Crippen LogP) is 3.19. The van der Waals surface area contributed by atoms with E-state index in [1.807, 2.05) is 6.07 Å². The van der Waals surface area contributed by atoms with Gasteiger partial charge in [-0.15, -0.1) is 0 Å². The third-order valence-electron chi connectivity index (χ3n) is 3.50. The number of amides is 1. The Kier molecular flexibility index (Phi) is 3.50. The molecule has 1 aromatic rings. The lowest BCUT2D eigenvalue weighted by atomic mass is 9.99. The molecule has 2 rings (SSSR count). The number of benzene rings is 1. The van der Waals surface area contributed by atoms with Crippen molar-refractivity contribution in [3.05, 3.63) is 41.2 Å². The fraction of sp³-hybridized carbons (Fsp3) is 0.400. The third-order valence-corrected chi connectivity index (χ3v) is 3.50.